The molecule has 1 amide bonds. The molecule has 1 aromatic heterocycles. The molecule has 0 saturated heterocycles. The average Bonchev–Trinajstić information content (AvgIpc) is 2.83. The van der Waals surface area contributed by atoms with Gasteiger partial charge in [0.15, 0.2) is 0 Å². The second-order valence-corrected chi connectivity index (χ2v) is 3.95. The van der Waals surface area contributed by atoms with Gasteiger partial charge in [0.1, 0.15) is 5.69 Å². The molecule has 0 atom stereocenters. The zero-order valence-corrected chi connectivity index (χ0v) is 9.33. The number of hydrogen-bond acceptors (Lipinski definition) is 4. The monoisotopic (exact) mass is 233 g/mol. The highest BCUT2D eigenvalue weighted by Crippen LogP contribution is 2.11. The first-order valence-electron chi connectivity index (χ1n) is 4.78. The molecule has 1 heterocycles. The molecule has 0 aliphatic heterocycles. The van der Waals surface area contributed by atoms with E-state index in [4.69, 9.17) is 5.73 Å². The maximum atomic E-state index is 11.6. The molecule has 2 aromatic rings. The molecular formula is C11H11N3OS. The van der Waals surface area contributed by atoms with Crippen molar-refractivity contribution in [1.82, 2.24) is 4.98 Å². The standard InChI is InChI=1S/C11H11N3OS/c12-5-8-1-3-9(4-2-8)14-11(15)10-6-16-7-13-10/h1-4,6-7H,5,12H2,(H,14,15). The summed E-state index contributed by atoms with van der Waals surface area (Å²) in [6.45, 7) is 0.500. The Hall–Kier alpha value is -1.72. The SMILES string of the molecule is NCc1ccc(NC(=O)c2cscn2)cc1. The van der Waals surface area contributed by atoms with Gasteiger partial charge in [-0.05, 0) is 17.7 Å². The van der Waals surface area contributed by atoms with Crippen molar-refractivity contribution in [3.05, 3.63) is 46.4 Å². The number of rotatable bonds is 3. The summed E-state index contributed by atoms with van der Waals surface area (Å²) in [5, 5.41) is 4.47. The lowest BCUT2D eigenvalue weighted by Crippen LogP contribution is -2.12. The van der Waals surface area contributed by atoms with E-state index in [0.29, 0.717) is 12.2 Å². The summed E-state index contributed by atoms with van der Waals surface area (Å²) in [5.74, 6) is -0.193. The van der Waals surface area contributed by atoms with Crippen LogP contribution in [-0.2, 0) is 6.54 Å². The number of nitrogens with two attached hydrogens (primary N) is 1. The van der Waals surface area contributed by atoms with Gasteiger partial charge in [-0.1, -0.05) is 12.1 Å². The van der Waals surface area contributed by atoms with Crippen LogP contribution in [0.1, 0.15) is 16.1 Å². The summed E-state index contributed by atoms with van der Waals surface area (Å²) in [7, 11) is 0. The van der Waals surface area contributed by atoms with Crippen LogP contribution in [0.15, 0.2) is 35.2 Å². The van der Waals surface area contributed by atoms with Crippen LogP contribution in [0.4, 0.5) is 5.69 Å². The molecule has 16 heavy (non-hydrogen) atoms. The molecular weight excluding hydrogens is 222 g/mol. The van der Waals surface area contributed by atoms with Gasteiger partial charge in [0.2, 0.25) is 0 Å². The van der Waals surface area contributed by atoms with Crippen LogP contribution in [0.5, 0.6) is 0 Å². The summed E-state index contributed by atoms with van der Waals surface area (Å²) >= 11 is 1.40. The van der Waals surface area contributed by atoms with E-state index in [1.54, 1.807) is 10.9 Å². The van der Waals surface area contributed by atoms with Gasteiger partial charge in [0.05, 0.1) is 5.51 Å². The smallest absolute Gasteiger partial charge is 0.275 e. The van der Waals surface area contributed by atoms with E-state index in [2.05, 4.69) is 10.3 Å². The number of carbonyl (C=O) groups is 1. The first-order valence-corrected chi connectivity index (χ1v) is 5.72. The minimum atomic E-state index is -0.193. The Morgan fingerprint density at radius 1 is 1.38 bits per heavy atom. The third kappa shape index (κ3) is 2.44. The molecule has 0 fully saturated rings. The number of benzene rings is 1. The quantitative estimate of drug-likeness (QED) is 0.850. The van der Waals surface area contributed by atoms with Gasteiger partial charge < -0.3 is 11.1 Å². The Morgan fingerprint density at radius 2 is 2.12 bits per heavy atom. The third-order valence-corrected chi connectivity index (χ3v) is 2.70. The number of nitrogens with one attached hydrogen (secondary N) is 1. The molecule has 5 heteroatoms. The van der Waals surface area contributed by atoms with Gasteiger partial charge in [-0.25, -0.2) is 4.98 Å². The van der Waals surface area contributed by atoms with E-state index in [1.807, 2.05) is 24.3 Å². The highest BCUT2D eigenvalue weighted by atomic mass is 32.1. The zero-order chi connectivity index (χ0) is 11.4. The Balaban J connectivity index is 2.06. The molecule has 1 aromatic carbocycles. The molecule has 82 valence electrons. The van der Waals surface area contributed by atoms with Crippen molar-refractivity contribution in [3.8, 4) is 0 Å². The first-order chi connectivity index (χ1) is 7.79. The van der Waals surface area contributed by atoms with Gasteiger partial charge in [0, 0.05) is 17.6 Å². The van der Waals surface area contributed by atoms with Gasteiger partial charge >= 0.3 is 0 Å². The Labute approximate surface area is 97.1 Å². The number of carbonyl (C=O) groups excluding carboxylic acids is 1. The van der Waals surface area contributed by atoms with Crippen molar-refractivity contribution >= 4 is 22.9 Å². The van der Waals surface area contributed by atoms with Crippen molar-refractivity contribution in [2.45, 2.75) is 6.54 Å². The molecule has 0 bridgehead atoms. The predicted molar refractivity (Wildman–Crippen MR) is 64.4 cm³/mol. The molecule has 2 rings (SSSR count). The van der Waals surface area contributed by atoms with Crippen molar-refractivity contribution in [2.75, 3.05) is 5.32 Å². The maximum Gasteiger partial charge on any atom is 0.275 e. The van der Waals surface area contributed by atoms with Crippen molar-refractivity contribution in [3.63, 3.8) is 0 Å². The molecule has 0 radical (unpaired) electrons. The van der Waals surface area contributed by atoms with Gasteiger partial charge in [-0.15, -0.1) is 11.3 Å². The fourth-order valence-corrected chi connectivity index (χ4v) is 1.78. The number of nitrogens with zero attached hydrogens (tertiary/aromatic N) is 1. The number of thiazole rings is 1. The topological polar surface area (TPSA) is 68.0 Å². The molecule has 0 aliphatic rings. The highest BCUT2D eigenvalue weighted by Gasteiger charge is 2.07. The lowest BCUT2D eigenvalue weighted by atomic mass is 10.2. The van der Waals surface area contributed by atoms with Crippen LogP contribution < -0.4 is 11.1 Å². The molecule has 0 saturated carbocycles. The molecule has 4 nitrogen and oxygen atoms in total. The summed E-state index contributed by atoms with van der Waals surface area (Å²) in [6, 6.07) is 7.42. The van der Waals surface area contributed by atoms with Gasteiger partial charge in [-0.2, -0.15) is 0 Å². The van der Waals surface area contributed by atoms with Crippen LogP contribution in [-0.4, -0.2) is 10.9 Å². The molecule has 0 unspecified atom stereocenters. The summed E-state index contributed by atoms with van der Waals surface area (Å²) in [6.07, 6.45) is 0. The van der Waals surface area contributed by atoms with Crippen LogP contribution in [0.25, 0.3) is 0 Å². The third-order valence-electron chi connectivity index (χ3n) is 2.11. The maximum absolute atomic E-state index is 11.6. The van der Waals surface area contributed by atoms with E-state index < -0.39 is 0 Å². The fourth-order valence-electron chi connectivity index (χ4n) is 1.24. The number of aromatic nitrogens is 1. The van der Waals surface area contributed by atoms with Gasteiger partial charge in [0.25, 0.3) is 5.91 Å². The van der Waals surface area contributed by atoms with Gasteiger partial charge in [-0.3, -0.25) is 4.79 Å². The second-order valence-electron chi connectivity index (χ2n) is 3.23. The Bertz CT molecular complexity index is 464. The fraction of sp³-hybridized carbons (Fsp3) is 0.0909. The Kier molecular flexibility index (Phi) is 3.28. The first kappa shape index (κ1) is 10.8. The summed E-state index contributed by atoms with van der Waals surface area (Å²) < 4.78 is 0. The number of hydrogen-bond donors (Lipinski definition) is 2. The average molecular weight is 233 g/mol. The van der Waals surface area contributed by atoms with Crippen LogP contribution in [0, 0.1) is 0 Å². The van der Waals surface area contributed by atoms with Crippen LogP contribution in [0.2, 0.25) is 0 Å². The van der Waals surface area contributed by atoms with E-state index >= 15 is 0 Å². The van der Waals surface area contributed by atoms with Crippen molar-refractivity contribution in [1.29, 1.82) is 0 Å². The van der Waals surface area contributed by atoms with Crippen LogP contribution >= 0.6 is 11.3 Å². The highest BCUT2D eigenvalue weighted by molar-refractivity contribution is 7.07. The van der Waals surface area contributed by atoms with E-state index in [-0.39, 0.29) is 5.91 Å². The number of anilines is 1. The molecule has 3 N–H and O–H groups in total. The molecule has 0 spiro atoms. The summed E-state index contributed by atoms with van der Waals surface area (Å²) in [5.41, 5.74) is 9.33. The van der Waals surface area contributed by atoms with E-state index in [0.717, 1.165) is 11.3 Å². The number of amides is 1. The lowest BCUT2D eigenvalue weighted by Gasteiger charge is -2.03. The summed E-state index contributed by atoms with van der Waals surface area (Å²) in [4.78, 5) is 15.6. The van der Waals surface area contributed by atoms with E-state index in [1.165, 1.54) is 11.3 Å². The zero-order valence-electron chi connectivity index (χ0n) is 8.51. The molecule has 0 aliphatic carbocycles. The van der Waals surface area contributed by atoms with E-state index in [9.17, 15) is 4.79 Å². The largest absolute Gasteiger partial charge is 0.326 e. The minimum Gasteiger partial charge on any atom is -0.326 e. The second kappa shape index (κ2) is 4.87. The predicted octanol–water partition coefficient (Wildman–Crippen LogP) is 1.85. The minimum absolute atomic E-state index is 0.193. The normalized spacial score (nSPS) is 10.1. The lowest BCUT2D eigenvalue weighted by molar-refractivity contribution is 0.102. The van der Waals surface area contributed by atoms with Crippen molar-refractivity contribution < 1.29 is 4.79 Å². The van der Waals surface area contributed by atoms with Crippen molar-refractivity contribution in [2.24, 2.45) is 5.73 Å². The van der Waals surface area contributed by atoms with Crippen LogP contribution in [0.3, 0.4) is 0 Å². The Morgan fingerprint density at radius 3 is 2.69 bits per heavy atom.